The number of carbonyl (C=O) groups is 1. The normalized spacial score (nSPS) is 11.7. The molecule has 0 saturated heterocycles. The number of amides is 1. The highest BCUT2D eigenvalue weighted by Gasteiger charge is 2.16. The fraction of sp³-hybridized carbons (Fsp3) is 0.111. The van der Waals surface area contributed by atoms with Gasteiger partial charge in [-0.15, -0.1) is 5.10 Å². The van der Waals surface area contributed by atoms with Crippen LogP contribution in [0, 0.1) is 0 Å². The van der Waals surface area contributed by atoms with Crippen LogP contribution in [0.5, 0.6) is 5.88 Å². The zero-order valence-corrected chi connectivity index (χ0v) is 12.7. The molecule has 3 aromatic rings. The van der Waals surface area contributed by atoms with Gasteiger partial charge in [-0.25, -0.2) is 4.68 Å². The largest absolute Gasteiger partial charge is 0.463 e. The second-order valence-electron chi connectivity index (χ2n) is 5.05. The first-order chi connectivity index (χ1) is 11.2. The Bertz CT molecular complexity index is 769. The number of rotatable bonds is 5. The third-order valence-corrected chi connectivity index (χ3v) is 3.29. The number of ether oxygens (including phenoxy) is 1. The van der Waals surface area contributed by atoms with Crippen LogP contribution in [0.1, 0.15) is 6.92 Å². The summed E-state index contributed by atoms with van der Waals surface area (Å²) >= 11 is 0. The average molecular weight is 307 g/mol. The molecule has 1 amide bonds. The van der Waals surface area contributed by atoms with Crippen LogP contribution < -0.4 is 10.1 Å². The van der Waals surface area contributed by atoms with Gasteiger partial charge in [0.2, 0.25) is 5.88 Å². The Labute approximate surface area is 134 Å². The van der Waals surface area contributed by atoms with E-state index in [1.807, 2.05) is 60.7 Å². The molecule has 0 saturated carbocycles. The summed E-state index contributed by atoms with van der Waals surface area (Å²) < 4.78 is 7.31. The average Bonchev–Trinajstić information content (AvgIpc) is 3.05. The maximum atomic E-state index is 12.1. The highest BCUT2D eigenvalue weighted by Crippen LogP contribution is 2.14. The number of nitrogens with one attached hydrogen (secondary N) is 1. The second kappa shape index (κ2) is 6.79. The van der Waals surface area contributed by atoms with E-state index < -0.39 is 6.10 Å². The standard InChI is InChI=1S/C18H17N3O2/c1-14(18(22)19-15-8-4-2-5-9-15)23-17-12-13-21(20-17)16-10-6-3-7-11-16/h2-14H,1H3,(H,19,22)/t14-/m1/s1. The van der Waals surface area contributed by atoms with E-state index in [1.165, 1.54) is 0 Å². The van der Waals surface area contributed by atoms with Gasteiger partial charge in [-0.1, -0.05) is 36.4 Å². The van der Waals surface area contributed by atoms with Crippen molar-refractivity contribution in [2.75, 3.05) is 5.32 Å². The number of aromatic nitrogens is 2. The van der Waals surface area contributed by atoms with Crippen molar-refractivity contribution in [1.82, 2.24) is 9.78 Å². The first kappa shape index (κ1) is 14.8. The lowest BCUT2D eigenvalue weighted by molar-refractivity contribution is -0.122. The van der Waals surface area contributed by atoms with Crippen molar-refractivity contribution in [3.05, 3.63) is 72.9 Å². The van der Waals surface area contributed by atoms with Gasteiger partial charge < -0.3 is 10.1 Å². The van der Waals surface area contributed by atoms with Gasteiger partial charge >= 0.3 is 0 Å². The molecule has 0 fully saturated rings. The van der Waals surface area contributed by atoms with Crippen LogP contribution in [0.15, 0.2) is 72.9 Å². The van der Waals surface area contributed by atoms with Crippen molar-refractivity contribution in [2.24, 2.45) is 0 Å². The first-order valence-corrected chi connectivity index (χ1v) is 7.36. The molecule has 5 nitrogen and oxygen atoms in total. The van der Waals surface area contributed by atoms with Crippen molar-refractivity contribution < 1.29 is 9.53 Å². The number of para-hydroxylation sites is 2. The Kier molecular flexibility index (Phi) is 4.38. The maximum absolute atomic E-state index is 12.1. The van der Waals surface area contributed by atoms with Crippen molar-refractivity contribution >= 4 is 11.6 Å². The lowest BCUT2D eigenvalue weighted by Crippen LogP contribution is -2.30. The predicted octanol–water partition coefficient (Wildman–Crippen LogP) is 3.28. The molecular formula is C18H17N3O2. The fourth-order valence-corrected chi connectivity index (χ4v) is 2.09. The van der Waals surface area contributed by atoms with Crippen LogP contribution in [-0.2, 0) is 4.79 Å². The first-order valence-electron chi connectivity index (χ1n) is 7.36. The Morgan fingerprint density at radius 3 is 2.39 bits per heavy atom. The molecule has 1 N–H and O–H groups in total. The van der Waals surface area contributed by atoms with Crippen molar-refractivity contribution in [2.45, 2.75) is 13.0 Å². The van der Waals surface area contributed by atoms with E-state index in [1.54, 1.807) is 23.9 Å². The molecule has 0 spiro atoms. The number of nitrogens with zero attached hydrogens (tertiary/aromatic N) is 2. The number of anilines is 1. The molecule has 0 unspecified atom stereocenters. The van der Waals surface area contributed by atoms with Crippen molar-refractivity contribution in [3.63, 3.8) is 0 Å². The van der Waals surface area contributed by atoms with E-state index in [-0.39, 0.29) is 5.91 Å². The van der Waals surface area contributed by atoms with Gasteiger partial charge in [0.1, 0.15) is 0 Å². The highest BCUT2D eigenvalue weighted by molar-refractivity contribution is 5.94. The summed E-state index contributed by atoms with van der Waals surface area (Å²) in [4.78, 5) is 12.1. The summed E-state index contributed by atoms with van der Waals surface area (Å²) in [6, 6.07) is 20.7. The molecule has 2 aromatic carbocycles. The molecule has 3 rings (SSSR count). The van der Waals surface area contributed by atoms with E-state index in [9.17, 15) is 4.79 Å². The third-order valence-electron chi connectivity index (χ3n) is 3.29. The van der Waals surface area contributed by atoms with E-state index in [0.29, 0.717) is 5.88 Å². The summed E-state index contributed by atoms with van der Waals surface area (Å²) in [6.07, 6.45) is 1.15. The Hall–Kier alpha value is -3.08. The molecule has 0 aliphatic carbocycles. The SMILES string of the molecule is C[C@@H](Oc1ccn(-c2ccccc2)n1)C(=O)Nc1ccccc1. The lowest BCUT2D eigenvalue weighted by Gasteiger charge is -2.12. The van der Waals surface area contributed by atoms with Gasteiger partial charge in [-0.2, -0.15) is 0 Å². The smallest absolute Gasteiger partial charge is 0.265 e. The van der Waals surface area contributed by atoms with Crippen LogP contribution in [0.2, 0.25) is 0 Å². The fourth-order valence-electron chi connectivity index (χ4n) is 2.09. The topological polar surface area (TPSA) is 56.2 Å². The molecule has 1 aromatic heterocycles. The van der Waals surface area contributed by atoms with Crippen LogP contribution >= 0.6 is 0 Å². The molecule has 23 heavy (non-hydrogen) atoms. The molecule has 5 heteroatoms. The van der Waals surface area contributed by atoms with E-state index >= 15 is 0 Å². The zero-order valence-electron chi connectivity index (χ0n) is 12.7. The summed E-state index contributed by atoms with van der Waals surface area (Å²) in [5, 5.41) is 7.13. The minimum Gasteiger partial charge on any atom is -0.463 e. The minimum absolute atomic E-state index is 0.217. The van der Waals surface area contributed by atoms with Gasteiger partial charge in [0, 0.05) is 18.0 Å². The van der Waals surface area contributed by atoms with Gasteiger partial charge in [-0.3, -0.25) is 4.79 Å². The molecule has 0 aliphatic rings. The molecule has 0 radical (unpaired) electrons. The summed E-state index contributed by atoms with van der Waals surface area (Å²) in [5.41, 5.74) is 1.67. The Morgan fingerprint density at radius 1 is 1.04 bits per heavy atom. The van der Waals surface area contributed by atoms with Crippen molar-refractivity contribution in [1.29, 1.82) is 0 Å². The lowest BCUT2D eigenvalue weighted by atomic mass is 10.3. The van der Waals surface area contributed by atoms with Crippen molar-refractivity contribution in [3.8, 4) is 11.6 Å². The number of carbonyl (C=O) groups excluding carboxylic acids is 1. The van der Waals surface area contributed by atoms with Crippen LogP contribution in [0.3, 0.4) is 0 Å². The molecule has 116 valence electrons. The van der Waals surface area contributed by atoms with Crippen LogP contribution in [0.4, 0.5) is 5.69 Å². The summed E-state index contributed by atoms with van der Waals surface area (Å²) in [7, 11) is 0. The zero-order chi connectivity index (χ0) is 16.1. The Morgan fingerprint density at radius 2 is 1.70 bits per heavy atom. The highest BCUT2D eigenvalue weighted by atomic mass is 16.5. The monoisotopic (exact) mass is 307 g/mol. The second-order valence-corrected chi connectivity index (χ2v) is 5.05. The van der Waals surface area contributed by atoms with Gasteiger partial charge in [0.25, 0.3) is 5.91 Å². The quantitative estimate of drug-likeness (QED) is 0.787. The molecule has 0 aliphatic heterocycles. The molecule has 1 heterocycles. The third kappa shape index (κ3) is 3.77. The number of hydrogen-bond acceptors (Lipinski definition) is 3. The van der Waals surface area contributed by atoms with E-state index in [2.05, 4.69) is 10.4 Å². The predicted molar refractivity (Wildman–Crippen MR) is 88.7 cm³/mol. The molecule has 0 bridgehead atoms. The van der Waals surface area contributed by atoms with E-state index in [4.69, 9.17) is 4.74 Å². The Balaban J connectivity index is 1.63. The van der Waals surface area contributed by atoms with Crippen LogP contribution in [0.25, 0.3) is 5.69 Å². The van der Waals surface area contributed by atoms with Crippen LogP contribution in [-0.4, -0.2) is 21.8 Å². The molecular weight excluding hydrogens is 290 g/mol. The van der Waals surface area contributed by atoms with Gasteiger partial charge in [0.05, 0.1) is 5.69 Å². The van der Waals surface area contributed by atoms with Gasteiger partial charge in [0.15, 0.2) is 6.10 Å². The summed E-state index contributed by atoms with van der Waals surface area (Å²) in [6.45, 7) is 1.69. The number of benzene rings is 2. The number of hydrogen-bond donors (Lipinski definition) is 1. The summed E-state index contributed by atoms with van der Waals surface area (Å²) in [5.74, 6) is 0.190. The van der Waals surface area contributed by atoms with E-state index in [0.717, 1.165) is 11.4 Å². The minimum atomic E-state index is -0.644. The van der Waals surface area contributed by atoms with Gasteiger partial charge in [-0.05, 0) is 31.2 Å². The molecule has 1 atom stereocenters. The maximum Gasteiger partial charge on any atom is 0.265 e.